The van der Waals surface area contributed by atoms with Crippen molar-refractivity contribution in [3.63, 3.8) is 0 Å². The average molecular weight is 378 g/mol. The fourth-order valence-corrected chi connectivity index (χ4v) is 4.20. The quantitative estimate of drug-likeness (QED) is 0.822. The number of amides is 2. The molecule has 28 heavy (non-hydrogen) atoms. The van der Waals surface area contributed by atoms with E-state index in [1.54, 1.807) is 11.8 Å². The van der Waals surface area contributed by atoms with Crippen LogP contribution < -0.4 is 4.90 Å². The number of hydrogen-bond donors (Lipinski definition) is 0. The molecule has 1 atom stereocenters. The summed E-state index contributed by atoms with van der Waals surface area (Å²) in [5.41, 5.74) is 4.23. The Kier molecular flexibility index (Phi) is 4.87. The van der Waals surface area contributed by atoms with Gasteiger partial charge in [-0.1, -0.05) is 29.8 Å². The molecule has 1 saturated heterocycles. The molecule has 0 aliphatic carbocycles. The van der Waals surface area contributed by atoms with Crippen LogP contribution in [0.15, 0.2) is 24.3 Å². The number of hydrogen-bond acceptors (Lipinski definition) is 4. The Labute approximate surface area is 165 Å². The van der Waals surface area contributed by atoms with E-state index in [1.807, 2.05) is 11.8 Å². The number of benzene rings is 1. The van der Waals surface area contributed by atoms with Crippen LogP contribution in [0.3, 0.4) is 0 Å². The first-order chi connectivity index (χ1) is 13.4. The molecule has 0 N–H and O–H groups in total. The number of rotatable bonds is 3. The highest BCUT2D eigenvalue weighted by molar-refractivity contribution is 5.95. The third-order valence-electron chi connectivity index (χ3n) is 5.77. The average Bonchev–Trinajstić information content (AvgIpc) is 3.16. The van der Waals surface area contributed by atoms with Gasteiger partial charge in [-0.05, 0) is 38.7 Å². The molecule has 0 bridgehead atoms. The molecule has 3 heterocycles. The highest BCUT2D eigenvalue weighted by Gasteiger charge is 2.34. The van der Waals surface area contributed by atoms with Crippen molar-refractivity contribution >= 4 is 17.6 Å². The van der Waals surface area contributed by atoms with Crippen molar-refractivity contribution < 1.29 is 9.59 Å². The molecule has 4 rings (SSSR count). The standard InChI is InChI=1S/C22H26N4O2/c1-14-6-8-17(9-7-14)13-26-20(28)11-10-18-15(2)23-21(24-22(18)26)19-5-4-12-25(19)16(3)27/h6-9,19H,4-5,10-13H2,1-3H3/t19-/m0/s1. The smallest absolute Gasteiger partial charge is 0.228 e. The molecule has 1 aromatic carbocycles. The van der Waals surface area contributed by atoms with Crippen LogP contribution in [-0.2, 0) is 22.6 Å². The molecule has 0 saturated carbocycles. The Balaban J connectivity index is 1.72. The summed E-state index contributed by atoms with van der Waals surface area (Å²) in [6.07, 6.45) is 2.97. The van der Waals surface area contributed by atoms with E-state index in [1.165, 1.54) is 5.56 Å². The molecule has 6 nitrogen and oxygen atoms in total. The second-order valence-electron chi connectivity index (χ2n) is 7.81. The maximum atomic E-state index is 12.7. The van der Waals surface area contributed by atoms with Gasteiger partial charge in [-0.25, -0.2) is 9.97 Å². The molecule has 1 fully saturated rings. The van der Waals surface area contributed by atoms with E-state index in [4.69, 9.17) is 9.97 Å². The van der Waals surface area contributed by atoms with E-state index < -0.39 is 0 Å². The van der Waals surface area contributed by atoms with E-state index in [0.717, 1.165) is 42.0 Å². The third-order valence-corrected chi connectivity index (χ3v) is 5.77. The summed E-state index contributed by atoms with van der Waals surface area (Å²) in [7, 11) is 0. The van der Waals surface area contributed by atoms with Gasteiger partial charge in [-0.15, -0.1) is 0 Å². The summed E-state index contributed by atoms with van der Waals surface area (Å²) in [5, 5.41) is 0. The zero-order chi connectivity index (χ0) is 19.8. The Bertz CT molecular complexity index is 923. The number of anilines is 1. The third kappa shape index (κ3) is 3.39. The molecular weight excluding hydrogens is 352 g/mol. The first-order valence-corrected chi connectivity index (χ1v) is 9.94. The molecule has 0 unspecified atom stereocenters. The Morgan fingerprint density at radius 3 is 2.61 bits per heavy atom. The van der Waals surface area contributed by atoms with Crippen LogP contribution in [0.5, 0.6) is 0 Å². The van der Waals surface area contributed by atoms with Gasteiger partial charge in [0, 0.05) is 31.1 Å². The lowest BCUT2D eigenvalue weighted by Crippen LogP contribution is -2.37. The molecule has 0 spiro atoms. The predicted molar refractivity (Wildman–Crippen MR) is 107 cm³/mol. The van der Waals surface area contributed by atoms with E-state index in [-0.39, 0.29) is 17.9 Å². The zero-order valence-corrected chi connectivity index (χ0v) is 16.7. The second-order valence-corrected chi connectivity index (χ2v) is 7.81. The van der Waals surface area contributed by atoms with Crippen molar-refractivity contribution in [2.45, 2.75) is 59.0 Å². The van der Waals surface area contributed by atoms with Gasteiger partial charge in [0.15, 0.2) is 5.82 Å². The number of aromatic nitrogens is 2. The highest BCUT2D eigenvalue weighted by Crippen LogP contribution is 2.35. The second kappa shape index (κ2) is 7.34. The number of carbonyl (C=O) groups is 2. The van der Waals surface area contributed by atoms with Gasteiger partial charge in [0.2, 0.25) is 11.8 Å². The Morgan fingerprint density at radius 2 is 1.89 bits per heavy atom. The van der Waals surface area contributed by atoms with Gasteiger partial charge < -0.3 is 4.90 Å². The van der Waals surface area contributed by atoms with E-state index >= 15 is 0 Å². The number of nitrogens with zero attached hydrogens (tertiary/aromatic N) is 4. The van der Waals surface area contributed by atoms with Gasteiger partial charge in [-0.3, -0.25) is 14.5 Å². The molecule has 1 aromatic heterocycles. The summed E-state index contributed by atoms with van der Waals surface area (Å²) in [6, 6.07) is 8.13. The number of fused-ring (bicyclic) bond motifs is 1. The maximum Gasteiger partial charge on any atom is 0.228 e. The molecular formula is C22H26N4O2. The SMILES string of the molecule is CC(=O)N1CCC[C@H]1c1nc(C)c2c(n1)N(Cc1ccc(C)cc1)C(=O)CC2. The first-order valence-electron chi connectivity index (χ1n) is 9.94. The van der Waals surface area contributed by atoms with E-state index in [2.05, 4.69) is 31.2 Å². The van der Waals surface area contributed by atoms with Crippen LogP contribution in [0.2, 0.25) is 0 Å². The van der Waals surface area contributed by atoms with Crippen molar-refractivity contribution in [1.29, 1.82) is 0 Å². The zero-order valence-electron chi connectivity index (χ0n) is 16.7. The van der Waals surface area contributed by atoms with Crippen LogP contribution in [-0.4, -0.2) is 33.2 Å². The van der Waals surface area contributed by atoms with Gasteiger partial charge in [0.1, 0.15) is 5.82 Å². The molecule has 2 amide bonds. The lowest BCUT2D eigenvalue weighted by Gasteiger charge is -2.31. The largest absolute Gasteiger partial charge is 0.333 e. The monoisotopic (exact) mass is 378 g/mol. The number of likely N-dealkylation sites (tertiary alicyclic amines) is 1. The summed E-state index contributed by atoms with van der Waals surface area (Å²) >= 11 is 0. The van der Waals surface area contributed by atoms with Gasteiger partial charge in [0.05, 0.1) is 12.6 Å². The van der Waals surface area contributed by atoms with Crippen LogP contribution in [0, 0.1) is 13.8 Å². The molecule has 2 aliphatic rings. The van der Waals surface area contributed by atoms with Crippen molar-refractivity contribution in [1.82, 2.24) is 14.9 Å². The van der Waals surface area contributed by atoms with Crippen LogP contribution in [0.4, 0.5) is 5.82 Å². The fraction of sp³-hybridized carbons (Fsp3) is 0.455. The minimum absolute atomic E-state index is 0.0501. The minimum Gasteiger partial charge on any atom is -0.333 e. The maximum absolute atomic E-state index is 12.7. The van der Waals surface area contributed by atoms with Crippen LogP contribution >= 0.6 is 0 Å². The first kappa shape index (κ1) is 18.6. The van der Waals surface area contributed by atoms with Crippen molar-refractivity contribution in [2.24, 2.45) is 0 Å². The summed E-state index contributed by atoms with van der Waals surface area (Å²) in [5.74, 6) is 1.52. The van der Waals surface area contributed by atoms with Crippen molar-refractivity contribution in [3.05, 3.63) is 52.5 Å². The topological polar surface area (TPSA) is 66.4 Å². The number of aryl methyl sites for hydroxylation is 2. The molecule has 2 aromatic rings. The van der Waals surface area contributed by atoms with Gasteiger partial charge >= 0.3 is 0 Å². The van der Waals surface area contributed by atoms with Crippen LogP contribution in [0.1, 0.15) is 60.4 Å². The summed E-state index contributed by atoms with van der Waals surface area (Å²) in [6.45, 7) is 6.87. The van der Waals surface area contributed by atoms with Gasteiger partial charge in [-0.2, -0.15) is 0 Å². The van der Waals surface area contributed by atoms with Crippen molar-refractivity contribution in [2.75, 3.05) is 11.4 Å². The number of carbonyl (C=O) groups excluding carboxylic acids is 2. The fourth-order valence-electron chi connectivity index (χ4n) is 4.20. The van der Waals surface area contributed by atoms with E-state index in [9.17, 15) is 9.59 Å². The predicted octanol–water partition coefficient (Wildman–Crippen LogP) is 3.26. The van der Waals surface area contributed by atoms with Crippen molar-refractivity contribution in [3.8, 4) is 0 Å². The van der Waals surface area contributed by atoms with Crippen LogP contribution in [0.25, 0.3) is 0 Å². The lowest BCUT2D eigenvalue weighted by atomic mass is 10.0. The molecule has 146 valence electrons. The molecule has 2 aliphatic heterocycles. The van der Waals surface area contributed by atoms with E-state index in [0.29, 0.717) is 25.2 Å². The highest BCUT2D eigenvalue weighted by atomic mass is 16.2. The Hall–Kier alpha value is -2.76. The Morgan fingerprint density at radius 1 is 1.14 bits per heavy atom. The minimum atomic E-state index is -0.0975. The summed E-state index contributed by atoms with van der Waals surface area (Å²) in [4.78, 5) is 37.9. The molecule has 6 heteroatoms. The lowest BCUT2D eigenvalue weighted by molar-refractivity contribution is -0.129. The normalized spacial score (nSPS) is 19.1. The molecule has 0 radical (unpaired) electrons. The van der Waals surface area contributed by atoms with Gasteiger partial charge in [0.25, 0.3) is 0 Å². The summed E-state index contributed by atoms with van der Waals surface area (Å²) < 4.78 is 0.